The van der Waals surface area contributed by atoms with Crippen molar-refractivity contribution in [3.05, 3.63) is 62.0 Å². The number of hydrogen-bond donors (Lipinski definition) is 0. The average molecular weight is 438 g/mol. The molecule has 128 valence electrons. The van der Waals surface area contributed by atoms with Crippen LogP contribution in [0.15, 0.2) is 34.9 Å². The number of halogens is 2. The van der Waals surface area contributed by atoms with Crippen molar-refractivity contribution in [3.63, 3.8) is 0 Å². The lowest BCUT2D eigenvalue weighted by atomic mass is 10.1. The number of benzene rings is 1. The van der Waals surface area contributed by atoms with Gasteiger partial charge >= 0.3 is 0 Å². The Kier molecular flexibility index (Phi) is 4.35. The van der Waals surface area contributed by atoms with Crippen LogP contribution in [0, 0.1) is 6.92 Å². The molecule has 4 rings (SSSR count). The minimum Gasteiger partial charge on any atom is -0.262 e. The van der Waals surface area contributed by atoms with Gasteiger partial charge in [-0.2, -0.15) is 14.7 Å². The SMILES string of the molecule is Cc1nn([C@H](C)c2nn3c(Cc4ccccc4Cl)nnc3s2)cc1Br. The lowest BCUT2D eigenvalue weighted by Gasteiger charge is -2.07. The number of nitrogens with zero attached hydrogens (tertiary/aromatic N) is 6. The van der Waals surface area contributed by atoms with E-state index in [0.717, 1.165) is 36.5 Å². The van der Waals surface area contributed by atoms with Crippen LogP contribution in [0.25, 0.3) is 4.96 Å². The van der Waals surface area contributed by atoms with Gasteiger partial charge in [0.2, 0.25) is 4.96 Å². The van der Waals surface area contributed by atoms with Crippen LogP contribution in [0.3, 0.4) is 0 Å². The van der Waals surface area contributed by atoms with Crippen LogP contribution in [0.4, 0.5) is 0 Å². The quantitative estimate of drug-likeness (QED) is 0.477. The number of rotatable bonds is 4. The van der Waals surface area contributed by atoms with Gasteiger partial charge in [-0.25, -0.2) is 0 Å². The van der Waals surface area contributed by atoms with Crippen LogP contribution in [-0.2, 0) is 6.42 Å². The molecule has 6 nitrogen and oxygen atoms in total. The number of hydrogen-bond acceptors (Lipinski definition) is 5. The van der Waals surface area contributed by atoms with Crippen LogP contribution >= 0.6 is 38.9 Å². The Hall–Kier alpha value is -1.77. The van der Waals surface area contributed by atoms with Gasteiger partial charge in [-0.05, 0) is 41.4 Å². The minimum absolute atomic E-state index is 0.0184. The Morgan fingerprint density at radius 3 is 2.76 bits per heavy atom. The van der Waals surface area contributed by atoms with Crippen molar-refractivity contribution in [3.8, 4) is 0 Å². The molecule has 0 bridgehead atoms. The molecule has 0 amide bonds. The minimum atomic E-state index is 0.0184. The van der Waals surface area contributed by atoms with Crippen LogP contribution in [0.1, 0.15) is 35.1 Å². The Morgan fingerprint density at radius 1 is 1.24 bits per heavy atom. The first-order valence-electron chi connectivity index (χ1n) is 7.68. The number of fused-ring (bicyclic) bond motifs is 1. The van der Waals surface area contributed by atoms with Crippen molar-refractivity contribution < 1.29 is 0 Å². The van der Waals surface area contributed by atoms with Gasteiger partial charge in [0.05, 0.1) is 10.2 Å². The summed E-state index contributed by atoms with van der Waals surface area (Å²) in [5.41, 5.74) is 1.96. The highest BCUT2D eigenvalue weighted by atomic mass is 79.9. The summed E-state index contributed by atoms with van der Waals surface area (Å²) in [5, 5.41) is 19.4. The predicted molar refractivity (Wildman–Crippen MR) is 101 cm³/mol. The van der Waals surface area contributed by atoms with Crippen LogP contribution in [0.2, 0.25) is 5.02 Å². The Bertz CT molecular complexity index is 1030. The molecule has 9 heteroatoms. The molecule has 0 N–H and O–H groups in total. The second-order valence-electron chi connectivity index (χ2n) is 5.74. The smallest absolute Gasteiger partial charge is 0.234 e. The third-order valence-corrected chi connectivity index (χ3v) is 6.20. The summed E-state index contributed by atoms with van der Waals surface area (Å²) in [6.45, 7) is 4.03. The summed E-state index contributed by atoms with van der Waals surface area (Å²) in [5.74, 6) is 0.774. The van der Waals surface area contributed by atoms with Crippen molar-refractivity contribution in [2.45, 2.75) is 26.3 Å². The zero-order valence-electron chi connectivity index (χ0n) is 13.5. The highest BCUT2D eigenvalue weighted by Crippen LogP contribution is 2.26. The molecular formula is C16H14BrClN6S. The maximum absolute atomic E-state index is 6.25. The molecule has 0 aliphatic carbocycles. The highest BCUT2D eigenvalue weighted by molar-refractivity contribution is 9.10. The summed E-state index contributed by atoms with van der Waals surface area (Å²) in [6, 6.07) is 7.76. The van der Waals surface area contributed by atoms with Crippen molar-refractivity contribution in [1.82, 2.24) is 29.6 Å². The standard InChI is InChI=1S/C16H14BrClN6S/c1-9-12(17)8-23(21-9)10(2)15-22-24-14(19-20-16(24)25-15)7-11-5-3-4-6-13(11)18/h3-6,8,10H,7H2,1-2H3/t10-/m1/s1. The van der Waals surface area contributed by atoms with Crippen molar-refractivity contribution >= 4 is 43.8 Å². The molecule has 0 saturated carbocycles. The van der Waals surface area contributed by atoms with E-state index in [0.29, 0.717) is 6.42 Å². The molecule has 25 heavy (non-hydrogen) atoms. The van der Waals surface area contributed by atoms with E-state index in [1.54, 1.807) is 4.52 Å². The Balaban J connectivity index is 1.67. The van der Waals surface area contributed by atoms with E-state index in [-0.39, 0.29) is 6.04 Å². The molecule has 0 aliphatic rings. The van der Waals surface area contributed by atoms with Gasteiger partial charge in [0.25, 0.3) is 0 Å². The summed E-state index contributed by atoms with van der Waals surface area (Å²) >= 11 is 11.3. The first-order chi connectivity index (χ1) is 12.0. The molecule has 3 aromatic heterocycles. The van der Waals surface area contributed by atoms with E-state index < -0.39 is 0 Å². The summed E-state index contributed by atoms with van der Waals surface area (Å²) in [6.07, 6.45) is 2.55. The van der Waals surface area contributed by atoms with Crippen molar-refractivity contribution in [2.75, 3.05) is 0 Å². The number of aromatic nitrogens is 6. The van der Waals surface area contributed by atoms with Gasteiger partial charge in [-0.1, -0.05) is 41.1 Å². The maximum atomic E-state index is 6.25. The molecule has 0 spiro atoms. The van der Waals surface area contributed by atoms with Crippen molar-refractivity contribution in [2.24, 2.45) is 0 Å². The maximum Gasteiger partial charge on any atom is 0.234 e. The highest BCUT2D eigenvalue weighted by Gasteiger charge is 2.19. The molecule has 0 radical (unpaired) electrons. The topological polar surface area (TPSA) is 60.9 Å². The average Bonchev–Trinajstić information content (AvgIpc) is 3.26. The third kappa shape index (κ3) is 3.09. The zero-order chi connectivity index (χ0) is 17.6. The molecule has 0 saturated heterocycles. The van der Waals surface area contributed by atoms with E-state index in [2.05, 4.69) is 38.1 Å². The van der Waals surface area contributed by atoms with Gasteiger partial charge < -0.3 is 0 Å². The second kappa shape index (κ2) is 6.51. The normalized spacial score (nSPS) is 12.8. The first-order valence-corrected chi connectivity index (χ1v) is 9.67. The molecule has 3 heterocycles. The van der Waals surface area contributed by atoms with Gasteiger partial charge in [-0.3, -0.25) is 4.68 Å². The fourth-order valence-corrected chi connectivity index (χ4v) is 3.93. The summed E-state index contributed by atoms with van der Waals surface area (Å²) in [7, 11) is 0. The van der Waals surface area contributed by atoms with E-state index in [4.69, 9.17) is 16.7 Å². The molecule has 1 atom stereocenters. The van der Waals surface area contributed by atoms with Crippen LogP contribution < -0.4 is 0 Å². The van der Waals surface area contributed by atoms with Gasteiger partial charge in [0.15, 0.2) is 5.82 Å². The van der Waals surface area contributed by atoms with Crippen LogP contribution in [0.5, 0.6) is 0 Å². The predicted octanol–water partition coefficient (Wildman–Crippen LogP) is 4.31. The third-order valence-electron chi connectivity index (χ3n) is 3.99. The largest absolute Gasteiger partial charge is 0.262 e. The van der Waals surface area contributed by atoms with E-state index >= 15 is 0 Å². The fourth-order valence-electron chi connectivity index (χ4n) is 2.53. The van der Waals surface area contributed by atoms with E-state index in [1.807, 2.05) is 42.1 Å². The van der Waals surface area contributed by atoms with Crippen molar-refractivity contribution in [1.29, 1.82) is 0 Å². The lowest BCUT2D eigenvalue weighted by molar-refractivity contribution is 0.550. The molecule has 0 unspecified atom stereocenters. The zero-order valence-corrected chi connectivity index (χ0v) is 16.7. The molecule has 1 aromatic carbocycles. The molecule has 4 aromatic rings. The van der Waals surface area contributed by atoms with E-state index in [9.17, 15) is 0 Å². The summed E-state index contributed by atoms with van der Waals surface area (Å²) in [4.78, 5) is 0.770. The Labute approximate surface area is 161 Å². The second-order valence-corrected chi connectivity index (χ2v) is 7.99. The molecule has 0 fully saturated rings. The molecular weight excluding hydrogens is 424 g/mol. The van der Waals surface area contributed by atoms with E-state index in [1.165, 1.54) is 11.3 Å². The fraction of sp³-hybridized carbons (Fsp3) is 0.250. The summed E-state index contributed by atoms with van der Waals surface area (Å²) < 4.78 is 4.69. The number of aryl methyl sites for hydroxylation is 1. The van der Waals surface area contributed by atoms with Gasteiger partial charge in [0, 0.05) is 17.6 Å². The monoisotopic (exact) mass is 436 g/mol. The van der Waals surface area contributed by atoms with Crippen LogP contribution in [-0.4, -0.2) is 29.6 Å². The van der Waals surface area contributed by atoms with Gasteiger partial charge in [0.1, 0.15) is 11.0 Å². The first kappa shape index (κ1) is 16.7. The lowest BCUT2D eigenvalue weighted by Crippen LogP contribution is -2.08. The van der Waals surface area contributed by atoms with Gasteiger partial charge in [-0.15, -0.1) is 10.2 Å². The molecule has 0 aliphatic heterocycles. The Morgan fingerprint density at radius 2 is 2.04 bits per heavy atom.